The van der Waals surface area contributed by atoms with Crippen molar-refractivity contribution in [1.29, 1.82) is 0 Å². The van der Waals surface area contributed by atoms with E-state index in [-0.39, 0.29) is 30.8 Å². The van der Waals surface area contributed by atoms with E-state index < -0.39 is 16.1 Å². The first kappa shape index (κ1) is 28.4. The van der Waals surface area contributed by atoms with E-state index in [2.05, 4.69) is 5.32 Å². The molecule has 8 heteroatoms. The molecule has 0 heterocycles. The van der Waals surface area contributed by atoms with Gasteiger partial charge in [0.05, 0.1) is 11.9 Å². The van der Waals surface area contributed by atoms with E-state index >= 15 is 0 Å². The first-order valence-corrected chi connectivity index (χ1v) is 14.0. The third-order valence-corrected chi connectivity index (χ3v) is 7.31. The van der Waals surface area contributed by atoms with Gasteiger partial charge in [-0.1, -0.05) is 54.4 Å². The number of nitrogens with zero attached hydrogens (tertiary/aromatic N) is 2. The summed E-state index contributed by atoms with van der Waals surface area (Å²) in [6.07, 6.45) is 2.43. The summed E-state index contributed by atoms with van der Waals surface area (Å²) in [5, 5.41) is 2.96. The van der Waals surface area contributed by atoms with Crippen molar-refractivity contribution in [2.45, 2.75) is 72.5 Å². The van der Waals surface area contributed by atoms with E-state index in [1.165, 1.54) is 10.6 Å². The van der Waals surface area contributed by atoms with Crippen LogP contribution in [0.4, 0.5) is 5.69 Å². The lowest BCUT2D eigenvalue weighted by atomic mass is 10.1. The van der Waals surface area contributed by atoms with Gasteiger partial charge in [-0.05, 0) is 58.2 Å². The number of benzene rings is 2. The number of aryl methyl sites for hydroxylation is 2. The summed E-state index contributed by atoms with van der Waals surface area (Å²) in [4.78, 5) is 27.7. The minimum atomic E-state index is -3.50. The zero-order chi connectivity index (χ0) is 26.2. The molecule has 192 valence electrons. The van der Waals surface area contributed by atoms with Crippen LogP contribution in [0.2, 0.25) is 0 Å². The Bertz CT molecular complexity index is 1080. The molecule has 2 aromatic carbocycles. The maximum atomic E-state index is 13.3. The van der Waals surface area contributed by atoms with Crippen LogP contribution >= 0.6 is 0 Å². The summed E-state index contributed by atoms with van der Waals surface area (Å²) in [7, 11) is -3.50. The molecule has 0 fully saturated rings. The molecular formula is C27H39N3O4S. The van der Waals surface area contributed by atoms with Gasteiger partial charge in [-0.2, -0.15) is 0 Å². The Morgan fingerprint density at radius 1 is 0.943 bits per heavy atom. The smallest absolute Gasteiger partial charge is 0.242 e. The van der Waals surface area contributed by atoms with Crippen LogP contribution in [0.15, 0.2) is 48.5 Å². The molecule has 35 heavy (non-hydrogen) atoms. The standard InChI is InChI=1S/C27H39N3O4S/c1-7-22(4)28-27(32)23(5)29(19-24-14-10-20(2)11-15-24)26(31)9-8-18-30(35(6,33)34)25-16-12-21(3)13-17-25/h10-17,22-23H,7-9,18-19H2,1-6H3,(H,28,32)/t22-,23-/m0/s1. The molecule has 0 aromatic heterocycles. The van der Waals surface area contributed by atoms with Crippen LogP contribution in [0.25, 0.3) is 0 Å². The maximum absolute atomic E-state index is 13.3. The van der Waals surface area contributed by atoms with E-state index in [1.54, 1.807) is 24.0 Å². The minimum Gasteiger partial charge on any atom is -0.352 e. The van der Waals surface area contributed by atoms with Crippen LogP contribution in [-0.4, -0.2) is 50.0 Å². The van der Waals surface area contributed by atoms with Gasteiger partial charge in [0, 0.05) is 25.6 Å². The van der Waals surface area contributed by atoms with Gasteiger partial charge in [-0.15, -0.1) is 0 Å². The van der Waals surface area contributed by atoms with Crippen LogP contribution in [0.3, 0.4) is 0 Å². The van der Waals surface area contributed by atoms with Crippen molar-refractivity contribution in [3.8, 4) is 0 Å². The normalized spacial score (nSPS) is 13.1. The van der Waals surface area contributed by atoms with Crippen molar-refractivity contribution in [2.24, 2.45) is 0 Å². The number of hydrogen-bond donors (Lipinski definition) is 1. The van der Waals surface area contributed by atoms with Crippen molar-refractivity contribution in [2.75, 3.05) is 17.1 Å². The molecule has 0 aliphatic heterocycles. The monoisotopic (exact) mass is 501 g/mol. The summed E-state index contributed by atoms with van der Waals surface area (Å²) in [6.45, 7) is 10.1. The number of hydrogen-bond acceptors (Lipinski definition) is 4. The van der Waals surface area contributed by atoms with Gasteiger partial charge >= 0.3 is 0 Å². The average Bonchev–Trinajstić information content (AvgIpc) is 2.80. The SMILES string of the molecule is CC[C@H](C)NC(=O)[C@H](C)N(Cc1ccc(C)cc1)C(=O)CCCN(c1ccc(C)cc1)S(C)(=O)=O. The van der Waals surface area contributed by atoms with Crippen molar-refractivity contribution >= 4 is 27.5 Å². The largest absolute Gasteiger partial charge is 0.352 e. The highest BCUT2D eigenvalue weighted by Gasteiger charge is 2.27. The topological polar surface area (TPSA) is 86.8 Å². The number of sulfonamides is 1. The van der Waals surface area contributed by atoms with Gasteiger partial charge in [0.15, 0.2) is 0 Å². The van der Waals surface area contributed by atoms with Crippen LogP contribution in [0.1, 0.15) is 56.7 Å². The van der Waals surface area contributed by atoms with Crippen molar-refractivity contribution in [3.05, 3.63) is 65.2 Å². The zero-order valence-electron chi connectivity index (χ0n) is 21.7. The quantitative estimate of drug-likeness (QED) is 0.473. The second-order valence-electron chi connectivity index (χ2n) is 9.28. The highest BCUT2D eigenvalue weighted by Crippen LogP contribution is 2.20. The third-order valence-electron chi connectivity index (χ3n) is 6.12. The molecular weight excluding hydrogens is 462 g/mol. The molecule has 0 unspecified atom stereocenters. The predicted octanol–water partition coefficient (Wildman–Crippen LogP) is 4.18. The molecule has 0 saturated carbocycles. The summed E-state index contributed by atoms with van der Waals surface area (Å²) < 4.78 is 26.1. The summed E-state index contributed by atoms with van der Waals surface area (Å²) in [5.74, 6) is -0.382. The minimum absolute atomic E-state index is 0.0131. The van der Waals surface area contributed by atoms with Crippen molar-refractivity contribution in [3.63, 3.8) is 0 Å². The van der Waals surface area contributed by atoms with Gasteiger partial charge in [-0.3, -0.25) is 13.9 Å². The average molecular weight is 502 g/mol. The Hall–Kier alpha value is -2.87. The molecule has 0 aliphatic carbocycles. The molecule has 2 aromatic rings. The molecule has 7 nitrogen and oxygen atoms in total. The summed E-state index contributed by atoms with van der Waals surface area (Å²) in [6, 6.07) is 14.5. The van der Waals surface area contributed by atoms with Crippen LogP contribution in [0, 0.1) is 13.8 Å². The number of carbonyl (C=O) groups is 2. The van der Waals surface area contributed by atoms with Gasteiger partial charge in [0.2, 0.25) is 21.8 Å². The number of rotatable bonds is 12. The molecule has 1 N–H and O–H groups in total. The van der Waals surface area contributed by atoms with Crippen molar-refractivity contribution in [1.82, 2.24) is 10.2 Å². The Labute approximate surface area is 210 Å². The summed E-state index contributed by atoms with van der Waals surface area (Å²) in [5.41, 5.74) is 3.66. The fourth-order valence-electron chi connectivity index (χ4n) is 3.65. The lowest BCUT2D eigenvalue weighted by Crippen LogP contribution is -2.49. The Balaban J connectivity index is 2.15. The predicted molar refractivity (Wildman–Crippen MR) is 142 cm³/mol. The molecule has 0 radical (unpaired) electrons. The maximum Gasteiger partial charge on any atom is 0.242 e. The Morgan fingerprint density at radius 3 is 2.00 bits per heavy atom. The number of anilines is 1. The first-order chi connectivity index (χ1) is 16.4. The molecule has 0 spiro atoms. The second-order valence-corrected chi connectivity index (χ2v) is 11.2. The number of carbonyl (C=O) groups excluding carboxylic acids is 2. The van der Waals surface area contributed by atoms with Gasteiger partial charge in [0.25, 0.3) is 0 Å². The lowest BCUT2D eigenvalue weighted by molar-refractivity contribution is -0.140. The number of amides is 2. The van der Waals surface area contributed by atoms with Crippen LogP contribution in [-0.2, 0) is 26.2 Å². The second kappa shape index (κ2) is 12.7. The molecule has 2 atom stereocenters. The fourth-order valence-corrected chi connectivity index (χ4v) is 4.62. The van der Waals surface area contributed by atoms with Crippen LogP contribution < -0.4 is 9.62 Å². The van der Waals surface area contributed by atoms with E-state index in [0.29, 0.717) is 18.7 Å². The van der Waals surface area contributed by atoms with Gasteiger partial charge < -0.3 is 10.2 Å². The van der Waals surface area contributed by atoms with E-state index in [0.717, 1.165) is 23.1 Å². The zero-order valence-corrected chi connectivity index (χ0v) is 22.6. The highest BCUT2D eigenvalue weighted by atomic mass is 32.2. The first-order valence-electron chi connectivity index (χ1n) is 12.1. The third kappa shape index (κ3) is 8.69. The molecule has 0 saturated heterocycles. The van der Waals surface area contributed by atoms with Crippen LogP contribution in [0.5, 0.6) is 0 Å². The Kier molecular flexibility index (Phi) is 10.3. The van der Waals surface area contributed by atoms with E-state index in [1.807, 2.05) is 64.1 Å². The summed E-state index contributed by atoms with van der Waals surface area (Å²) >= 11 is 0. The highest BCUT2D eigenvalue weighted by molar-refractivity contribution is 7.92. The number of nitrogens with one attached hydrogen (secondary N) is 1. The molecule has 2 rings (SSSR count). The van der Waals surface area contributed by atoms with Gasteiger partial charge in [-0.25, -0.2) is 8.42 Å². The van der Waals surface area contributed by atoms with Gasteiger partial charge in [0.1, 0.15) is 6.04 Å². The molecule has 0 bridgehead atoms. The van der Waals surface area contributed by atoms with E-state index in [4.69, 9.17) is 0 Å². The fraction of sp³-hybridized carbons (Fsp3) is 0.481. The van der Waals surface area contributed by atoms with E-state index in [9.17, 15) is 18.0 Å². The lowest BCUT2D eigenvalue weighted by Gasteiger charge is -2.30. The molecule has 0 aliphatic rings. The van der Waals surface area contributed by atoms with Crippen molar-refractivity contribution < 1.29 is 18.0 Å². The Morgan fingerprint density at radius 2 is 1.49 bits per heavy atom. The molecule has 2 amide bonds.